The number of hydrogen-bond acceptors (Lipinski definition) is 9. The smallest absolute Gasteiger partial charge is 0.480 e. The summed E-state index contributed by atoms with van der Waals surface area (Å²) in [6, 6.07) is 4.37. The number of carbonyl (C=O) groups is 4. The number of aliphatic carboxylic acids is 1. The van der Waals surface area contributed by atoms with E-state index in [1.807, 2.05) is 13.8 Å². The van der Waals surface area contributed by atoms with Crippen molar-refractivity contribution in [3.8, 4) is 11.5 Å². The number of carboxylic acid groups (broad SMARTS) is 1. The fourth-order valence-electron chi connectivity index (χ4n) is 3.01. The number of esters is 2. The van der Waals surface area contributed by atoms with Crippen molar-refractivity contribution in [1.82, 2.24) is 0 Å². The molecule has 1 unspecified atom stereocenters. The van der Waals surface area contributed by atoms with Gasteiger partial charge in [0.15, 0.2) is 11.5 Å². The lowest BCUT2D eigenvalue weighted by Crippen LogP contribution is -2.52. The normalized spacial score (nSPS) is 13.8. The second-order valence-corrected chi connectivity index (χ2v) is 9.98. The average Bonchev–Trinajstić information content (AvgIpc) is 2.74. The van der Waals surface area contributed by atoms with Crippen molar-refractivity contribution in [2.24, 2.45) is 23.5 Å². The molecule has 0 spiro atoms. The summed E-state index contributed by atoms with van der Waals surface area (Å²) in [5, 5.41) is 9.85. The maximum atomic E-state index is 12.2. The highest BCUT2D eigenvalue weighted by atomic mass is 16.7. The van der Waals surface area contributed by atoms with Gasteiger partial charge in [-0.3, -0.25) is 14.4 Å². The van der Waals surface area contributed by atoms with E-state index in [9.17, 15) is 24.3 Å². The second-order valence-electron chi connectivity index (χ2n) is 9.98. The number of nitrogens with two attached hydrogens (primary N) is 1. The summed E-state index contributed by atoms with van der Waals surface area (Å²) in [4.78, 5) is 48.3. The van der Waals surface area contributed by atoms with Gasteiger partial charge in [-0.1, -0.05) is 47.6 Å². The van der Waals surface area contributed by atoms with Gasteiger partial charge in [-0.2, -0.15) is 0 Å². The van der Waals surface area contributed by atoms with E-state index in [0.29, 0.717) is 17.9 Å². The van der Waals surface area contributed by atoms with Crippen molar-refractivity contribution >= 4 is 24.1 Å². The zero-order chi connectivity index (χ0) is 27.6. The molecule has 36 heavy (non-hydrogen) atoms. The summed E-state index contributed by atoms with van der Waals surface area (Å²) in [6.07, 6.45) is -1.45. The van der Waals surface area contributed by atoms with Gasteiger partial charge in [-0.05, 0) is 37.0 Å². The Kier molecular flexibility index (Phi) is 11.9. The third-order valence-electron chi connectivity index (χ3n) is 5.18. The van der Waals surface area contributed by atoms with Crippen LogP contribution in [-0.2, 0) is 30.3 Å². The van der Waals surface area contributed by atoms with Crippen LogP contribution in [0, 0.1) is 17.8 Å². The fraction of sp³-hybridized carbons (Fsp3) is 0.615. The Hall–Kier alpha value is -3.14. The summed E-state index contributed by atoms with van der Waals surface area (Å²) in [7, 11) is 0. The first-order chi connectivity index (χ1) is 16.6. The van der Waals surface area contributed by atoms with Crippen LogP contribution in [0.15, 0.2) is 18.2 Å². The minimum atomic E-state index is -1.81. The lowest BCUT2D eigenvalue weighted by Gasteiger charge is -2.28. The van der Waals surface area contributed by atoms with Gasteiger partial charge in [0.25, 0.3) is 0 Å². The average molecular weight is 510 g/mol. The van der Waals surface area contributed by atoms with Crippen LogP contribution in [0.25, 0.3) is 0 Å². The van der Waals surface area contributed by atoms with Gasteiger partial charge in [-0.15, -0.1) is 0 Å². The molecule has 0 aliphatic heterocycles. The highest BCUT2D eigenvalue weighted by molar-refractivity contribution is 5.80. The molecule has 0 saturated heterocycles. The Labute approximate surface area is 212 Å². The van der Waals surface area contributed by atoms with Crippen LogP contribution < -0.4 is 15.2 Å². The van der Waals surface area contributed by atoms with Crippen LogP contribution in [-0.4, -0.2) is 47.4 Å². The molecule has 0 aliphatic rings. The Morgan fingerprint density at radius 3 is 1.97 bits per heavy atom. The molecular weight excluding hydrogens is 470 g/mol. The largest absolute Gasteiger partial charge is 0.508 e. The maximum absolute atomic E-state index is 12.2. The third-order valence-corrected chi connectivity index (χ3v) is 5.18. The molecule has 1 rings (SSSR count). The molecule has 0 amide bonds. The van der Waals surface area contributed by atoms with Crippen molar-refractivity contribution in [2.75, 3.05) is 6.61 Å². The van der Waals surface area contributed by atoms with Gasteiger partial charge in [0.05, 0.1) is 18.4 Å². The van der Waals surface area contributed by atoms with E-state index < -0.39 is 47.5 Å². The first-order valence-corrected chi connectivity index (χ1v) is 12.1. The van der Waals surface area contributed by atoms with Crippen molar-refractivity contribution in [2.45, 2.75) is 79.4 Å². The van der Waals surface area contributed by atoms with Crippen LogP contribution >= 0.6 is 0 Å². The molecule has 10 nitrogen and oxygen atoms in total. The van der Waals surface area contributed by atoms with Crippen LogP contribution in [0.2, 0.25) is 0 Å². The molecule has 0 aromatic heterocycles. The standard InChI is InChI=1S/C26H39NO9/c1-15(2)10-11-33-25(32)34-18(7)13-26(27,24(30)31)14-19-8-9-20(35-22(28)16(3)4)21(12-19)36-23(29)17(5)6/h8-9,12,15-18H,10-11,13-14,27H2,1-7H3,(H,30,31)/t18-,26?/m0/s1. The lowest BCUT2D eigenvalue weighted by atomic mass is 9.86. The quantitative estimate of drug-likeness (QED) is 0.293. The number of benzene rings is 1. The SMILES string of the molecule is CC(C)CCOC(=O)O[C@@H](C)CC(N)(Cc1ccc(OC(=O)C(C)C)c(OC(=O)C(C)C)c1)C(=O)O. The minimum absolute atomic E-state index is 0.0223. The predicted molar refractivity (Wildman–Crippen MR) is 132 cm³/mol. The van der Waals surface area contributed by atoms with Gasteiger partial charge in [0.1, 0.15) is 11.6 Å². The van der Waals surface area contributed by atoms with Gasteiger partial charge in [0, 0.05) is 12.8 Å². The molecule has 0 fully saturated rings. The van der Waals surface area contributed by atoms with Crippen LogP contribution in [0.4, 0.5) is 4.79 Å². The summed E-state index contributed by atoms with van der Waals surface area (Å²) < 4.78 is 20.9. The summed E-state index contributed by atoms with van der Waals surface area (Å²) in [5.74, 6) is -2.88. The molecule has 3 N–H and O–H groups in total. The molecule has 0 radical (unpaired) electrons. The molecule has 1 aromatic rings. The van der Waals surface area contributed by atoms with Crippen molar-refractivity contribution < 1.29 is 43.2 Å². The Morgan fingerprint density at radius 2 is 1.47 bits per heavy atom. The van der Waals surface area contributed by atoms with E-state index in [1.54, 1.807) is 27.7 Å². The van der Waals surface area contributed by atoms with E-state index in [1.165, 1.54) is 25.1 Å². The highest BCUT2D eigenvalue weighted by Crippen LogP contribution is 2.32. The third kappa shape index (κ3) is 10.2. The van der Waals surface area contributed by atoms with E-state index in [0.717, 1.165) is 0 Å². The Balaban J connectivity index is 3.07. The molecule has 0 aliphatic carbocycles. The molecular formula is C26H39NO9. The number of carbonyl (C=O) groups excluding carboxylic acids is 3. The summed E-state index contributed by atoms with van der Waals surface area (Å²) in [6.45, 7) is 12.3. The number of rotatable bonds is 13. The predicted octanol–water partition coefficient (Wildman–Crippen LogP) is 4.11. The van der Waals surface area contributed by atoms with Crippen LogP contribution in [0.3, 0.4) is 0 Å². The molecule has 1 aromatic carbocycles. The molecule has 202 valence electrons. The first kappa shape index (κ1) is 30.9. The Morgan fingerprint density at radius 1 is 0.917 bits per heavy atom. The van der Waals surface area contributed by atoms with E-state index in [2.05, 4.69) is 0 Å². The maximum Gasteiger partial charge on any atom is 0.508 e. The van der Waals surface area contributed by atoms with Crippen LogP contribution in [0.1, 0.15) is 66.9 Å². The minimum Gasteiger partial charge on any atom is -0.480 e. The molecule has 2 atom stereocenters. The van der Waals surface area contributed by atoms with Crippen molar-refractivity contribution in [3.63, 3.8) is 0 Å². The van der Waals surface area contributed by atoms with Gasteiger partial charge >= 0.3 is 24.1 Å². The molecule has 0 saturated carbocycles. The van der Waals surface area contributed by atoms with E-state index in [-0.39, 0.29) is 30.9 Å². The monoisotopic (exact) mass is 509 g/mol. The fourth-order valence-corrected chi connectivity index (χ4v) is 3.01. The first-order valence-electron chi connectivity index (χ1n) is 12.1. The molecule has 0 bridgehead atoms. The van der Waals surface area contributed by atoms with E-state index in [4.69, 9.17) is 24.7 Å². The zero-order valence-electron chi connectivity index (χ0n) is 22.2. The topological polar surface area (TPSA) is 151 Å². The van der Waals surface area contributed by atoms with Crippen molar-refractivity contribution in [3.05, 3.63) is 23.8 Å². The van der Waals surface area contributed by atoms with Crippen LogP contribution in [0.5, 0.6) is 11.5 Å². The number of ether oxygens (including phenoxy) is 4. The zero-order valence-corrected chi connectivity index (χ0v) is 22.2. The second kappa shape index (κ2) is 13.8. The number of carboxylic acids is 1. The molecule has 10 heteroatoms. The molecule has 0 heterocycles. The number of hydrogen-bond donors (Lipinski definition) is 2. The van der Waals surface area contributed by atoms with E-state index >= 15 is 0 Å². The van der Waals surface area contributed by atoms with Gasteiger partial charge in [0.2, 0.25) is 0 Å². The van der Waals surface area contributed by atoms with Gasteiger partial charge < -0.3 is 29.8 Å². The van der Waals surface area contributed by atoms with Crippen molar-refractivity contribution in [1.29, 1.82) is 0 Å². The summed E-state index contributed by atoms with van der Waals surface area (Å²) in [5.41, 5.74) is 4.83. The van der Waals surface area contributed by atoms with Gasteiger partial charge in [-0.25, -0.2) is 4.79 Å². The highest BCUT2D eigenvalue weighted by Gasteiger charge is 2.37. The summed E-state index contributed by atoms with van der Waals surface area (Å²) >= 11 is 0. The Bertz CT molecular complexity index is 926. The lowest BCUT2D eigenvalue weighted by molar-refractivity contribution is -0.144.